The lowest BCUT2D eigenvalue weighted by molar-refractivity contribution is -0.141. The van der Waals surface area contributed by atoms with E-state index in [-0.39, 0.29) is 17.9 Å². The average Bonchev–Trinajstić information content (AvgIpc) is 3.03. The van der Waals surface area contributed by atoms with Gasteiger partial charge in [-0.15, -0.1) is 0 Å². The van der Waals surface area contributed by atoms with Crippen LogP contribution in [0.3, 0.4) is 0 Å². The summed E-state index contributed by atoms with van der Waals surface area (Å²) in [7, 11) is 0. The van der Waals surface area contributed by atoms with E-state index in [1.54, 1.807) is 0 Å². The zero-order chi connectivity index (χ0) is 18.1. The third kappa shape index (κ3) is 6.82. The lowest BCUT2D eigenvalue weighted by Crippen LogP contribution is -2.53. The van der Waals surface area contributed by atoms with Crippen molar-refractivity contribution < 1.29 is 19.5 Å². The molecular formula is C14H26N6O4. The molecule has 0 aromatic heterocycles. The molecule has 0 saturated carbocycles. The molecule has 1 aliphatic rings. The van der Waals surface area contributed by atoms with Crippen molar-refractivity contribution in [3.8, 4) is 0 Å². The number of carbonyl (C=O) groups excluding carboxylic acids is 2. The van der Waals surface area contributed by atoms with Crippen LogP contribution in [0.1, 0.15) is 32.6 Å². The molecule has 2 amide bonds. The van der Waals surface area contributed by atoms with Crippen LogP contribution in [0.2, 0.25) is 0 Å². The van der Waals surface area contributed by atoms with E-state index in [1.165, 1.54) is 6.92 Å². The van der Waals surface area contributed by atoms with Gasteiger partial charge in [-0.1, -0.05) is 0 Å². The average molecular weight is 342 g/mol. The minimum Gasteiger partial charge on any atom is -0.480 e. The monoisotopic (exact) mass is 342 g/mol. The second-order valence-corrected chi connectivity index (χ2v) is 5.73. The van der Waals surface area contributed by atoms with Gasteiger partial charge in [-0.25, -0.2) is 0 Å². The molecule has 24 heavy (non-hydrogen) atoms. The van der Waals surface area contributed by atoms with Crippen molar-refractivity contribution in [2.75, 3.05) is 13.1 Å². The first-order valence-electron chi connectivity index (χ1n) is 7.93. The maximum absolute atomic E-state index is 12.2. The van der Waals surface area contributed by atoms with Crippen LogP contribution in [-0.4, -0.2) is 60.1 Å². The molecule has 3 atom stereocenters. The number of nitrogens with one attached hydrogen (secondary N) is 3. The van der Waals surface area contributed by atoms with Crippen LogP contribution in [0.15, 0.2) is 4.99 Å². The number of aliphatic imine (C=N–C) groups is 1. The smallest absolute Gasteiger partial charge is 0.325 e. The highest BCUT2D eigenvalue weighted by atomic mass is 16.4. The van der Waals surface area contributed by atoms with E-state index in [9.17, 15) is 14.4 Å². The molecule has 1 aliphatic heterocycles. The Balaban J connectivity index is 2.62. The number of aliphatic carboxylic acids is 1. The summed E-state index contributed by atoms with van der Waals surface area (Å²) < 4.78 is 0. The lowest BCUT2D eigenvalue weighted by atomic mass is 10.1. The van der Waals surface area contributed by atoms with Gasteiger partial charge in [-0.3, -0.25) is 19.4 Å². The van der Waals surface area contributed by atoms with Gasteiger partial charge in [0.25, 0.3) is 0 Å². The Hall–Kier alpha value is -2.36. The largest absolute Gasteiger partial charge is 0.480 e. The second kappa shape index (κ2) is 9.71. The molecule has 10 nitrogen and oxygen atoms in total. The van der Waals surface area contributed by atoms with Crippen molar-refractivity contribution in [3.05, 3.63) is 0 Å². The van der Waals surface area contributed by atoms with Gasteiger partial charge in [0.2, 0.25) is 11.8 Å². The molecule has 10 heteroatoms. The van der Waals surface area contributed by atoms with Crippen LogP contribution in [0.4, 0.5) is 0 Å². The van der Waals surface area contributed by atoms with Gasteiger partial charge in [0.1, 0.15) is 12.1 Å². The van der Waals surface area contributed by atoms with E-state index in [0.29, 0.717) is 25.8 Å². The molecule has 0 spiro atoms. The van der Waals surface area contributed by atoms with Crippen LogP contribution in [0.5, 0.6) is 0 Å². The Morgan fingerprint density at radius 2 is 2.04 bits per heavy atom. The van der Waals surface area contributed by atoms with Crippen molar-refractivity contribution in [1.82, 2.24) is 16.0 Å². The standard InChI is InChI=1S/C14H26N6O4/c1-8(13(23)24)19-12(22)10(5-3-7-18-14(15)16)20-11(21)9-4-2-6-17-9/h8-10,17H,2-7H2,1H3,(H,19,22)(H,20,21)(H,23,24)(H4,15,16,18)/t8-,9+,10+/m0/s1. The number of hydrogen-bond acceptors (Lipinski definition) is 5. The Labute approximate surface area is 140 Å². The van der Waals surface area contributed by atoms with Crippen molar-refractivity contribution in [3.63, 3.8) is 0 Å². The minimum absolute atomic E-state index is 0.0466. The fraction of sp³-hybridized carbons (Fsp3) is 0.714. The van der Waals surface area contributed by atoms with Gasteiger partial charge >= 0.3 is 5.97 Å². The zero-order valence-corrected chi connectivity index (χ0v) is 13.7. The number of carbonyl (C=O) groups is 3. The van der Waals surface area contributed by atoms with Crippen molar-refractivity contribution >= 4 is 23.7 Å². The Morgan fingerprint density at radius 1 is 1.33 bits per heavy atom. The van der Waals surface area contributed by atoms with Crippen LogP contribution >= 0.6 is 0 Å². The Bertz CT molecular complexity index is 486. The van der Waals surface area contributed by atoms with E-state index >= 15 is 0 Å². The fourth-order valence-corrected chi connectivity index (χ4v) is 2.33. The molecule has 1 heterocycles. The van der Waals surface area contributed by atoms with Gasteiger partial charge in [0, 0.05) is 6.54 Å². The summed E-state index contributed by atoms with van der Waals surface area (Å²) in [6.45, 7) is 2.44. The molecule has 8 N–H and O–H groups in total. The topological polar surface area (TPSA) is 172 Å². The number of rotatable bonds is 9. The minimum atomic E-state index is -1.15. The highest BCUT2D eigenvalue weighted by molar-refractivity contribution is 5.91. The van der Waals surface area contributed by atoms with Gasteiger partial charge < -0.3 is 32.5 Å². The third-order valence-corrected chi connectivity index (χ3v) is 3.68. The lowest BCUT2D eigenvalue weighted by Gasteiger charge is -2.21. The molecule has 0 unspecified atom stereocenters. The van der Waals surface area contributed by atoms with Gasteiger partial charge in [-0.05, 0) is 39.2 Å². The number of hydrogen-bond donors (Lipinski definition) is 6. The summed E-state index contributed by atoms with van der Waals surface area (Å²) in [5, 5.41) is 17.0. The van der Waals surface area contributed by atoms with Crippen LogP contribution < -0.4 is 27.4 Å². The first-order chi connectivity index (χ1) is 11.3. The number of carboxylic acids is 1. The summed E-state index contributed by atoms with van der Waals surface area (Å²) >= 11 is 0. The fourth-order valence-electron chi connectivity index (χ4n) is 2.33. The van der Waals surface area contributed by atoms with Crippen molar-refractivity contribution in [1.29, 1.82) is 0 Å². The molecule has 1 fully saturated rings. The maximum atomic E-state index is 12.2. The SMILES string of the molecule is C[C@H](NC(=O)[C@@H](CCCN=C(N)N)NC(=O)[C@H]1CCCN1)C(=O)O. The summed E-state index contributed by atoms with van der Waals surface area (Å²) in [6, 6.07) is -2.20. The molecule has 0 aromatic carbocycles. The number of nitrogens with two attached hydrogens (primary N) is 2. The summed E-state index contributed by atoms with van der Waals surface area (Å²) in [5.41, 5.74) is 10.5. The second-order valence-electron chi connectivity index (χ2n) is 5.73. The molecular weight excluding hydrogens is 316 g/mol. The number of carboxylic acid groups (broad SMARTS) is 1. The van der Waals surface area contributed by atoms with Gasteiger partial charge in [-0.2, -0.15) is 0 Å². The Morgan fingerprint density at radius 3 is 2.58 bits per heavy atom. The van der Waals surface area contributed by atoms with E-state index < -0.39 is 24.0 Å². The molecule has 0 radical (unpaired) electrons. The quantitative estimate of drug-likeness (QED) is 0.158. The zero-order valence-electron chi connectivity index (χ0n) is 13.7. The number of amides is 2. The maximum Gasteiger partial charge on any atom is 0.325 e. The van der Waals surface area contributed by atoms with E-state index in [0.717, 1.165) is 13.0 Å². The van der Waals surface area contributed by atoms with Crippen LogP contribution in [0, 0.1) is 0 Å². The molecule has 1 rings (SSSR count). The number of nitrogens with zero attached hydrogens (tertiary/aromatic N) is 1. The summed E-state index contributed by atoms with van der Waals surface area (Å²) in [6.07, 6.45) is 2.37. The Kier molecular flexibility index (Phi) is 7.96. The molecule has 0 aromatic rings. The first-order valence-corrected chi connectivity index (χ1v) is 7.93. The van der Waals surface area contributed by atoms with Crippen LogP contribution in [0.25, 0.3) is 0 Å². The van der Waals surface area contributed by atoms with Crippen molar-refractivity contribution in [2.45, 2.75) is 50.7 Å². The molecule has 136 valence electrons. The van der Waals surface area contributed by atoms with E-state index in [4.69, 9.17) is 16.6 Å². The molecule has 0 aliphatic carbocycles. The third-order valence-electron chi connectivity index (χ3n) is 3.68. The molecule has 1 saturated heterocycles. The highest BCUT2D eigenvalue weighted by Crippen LogP contribution is 2.07. The van der Waals surface area contributed by atoms with E-state index in [1.807, 2.05) is 0 Å². The van der Waals surface area contributed by atoms with Gasteiger partial charge in [0.15, 0.2) is 5.96 Å². The summed E-state index contributed by atoms with van der Waals surface area (Å²) in [5.74, 6) is -2.00. The van der Waals surface area contributed by atoms with Crippen LogP contribution in [-0.2, 0) is 14.4 Å². The van der Waals surface area contributed by atoms with E-state index in [2.05, 4.69) is 20.9 Å². The normalized spacial score (nSPS) is 19.1. The summed E-state index contributed by atoms with van der Waals surface area (Å²) in [4.78, 5) is 39.1. The molecule has 0 bridgehead atoms. The van der Waals surface area contributed by atoms with Gasteiger partial charge in [0.05, 0.1) is 6.04 Å². The first kappa shape index (κ1) is 19.7. The van der Waals surface area contributed by atoms with Crippen molar-refractivity contribution in [2.24, 2.45) is 16.5 Å². The predicted molar refractivity (Wildman–Crippen MR) is 88.1 cm³/mol. The highest BCUT2D eigenvalue weighted by Gasteiger charge is 2.28. The predicted octanol–water partition coefficient (Wildman–Crippen LogP) is -2.13. The number of guanidine groups is 1.